The van der Waals surface area contributed by atoms with Crippen molar-refractivity contribution in [2.24, 2.45) is 0 Å². The summed E-state index contributed by atoms with van der Waals surface area (Å²) in [5.74, 6) is 0.862. The van der Waals surface area contributed by atoms with Crippen LogP contribution < -0.4 is 21.1 Å². The maximum atomic E-state index is 7.50. The van der Waals surface area contributed by atoms with Crippen LogP contribution in [0.15, 0.2) is 136 Å². The zero-order valence-electron chi connectivity index (χ0n) is 45.9. The van der Waals surface area contributed by atoms with Crippen molar-refractivity contribution in [3.63, 3.8) is 0 Å². The molecule has 0 atom stereocenters. The van der Waals surface area contributed by atoms with Crippen molar-refractivity contribution in [2.75, 3.05) is 10.2 Å². The van der Waals surface area contributed by atoms with E-state index in [0.29, 0.717) is 7.28 Å². The van der Waals surface area contributed by atoms with E-state index in [-0.39, 0.29) is 32.5 Å². The number of anilines is 5. The molecule has 2 aliphatic carbocycles. The lowest BCUT2D eigenvalue weighted by Crippen LogP contribution is -2.40. The summed E-state index contributed by atoms with van der Waals surface area (Å²) in [7, 11) is 0.669. The molecule has 0 unspecified atom stereocenters. The van der Waals surface area contributed by atoms with E-state index in [1.165, 1.54) is 61.7 Å². The van der Waals surface area contributed by atoms with E-state index in [1.54, 1.807) is 0 Å². The SMILES string of the molecule is CC(C)(C)c1ccc(-c2cc3c(oc4ccccc43)c3c2Bc2c(oc4cc5c(cc24)C(C)(C)CCC5(C)C)N3c2ccc(C(C)(C)C)cc2-c2ccccc2)c(Nc2ccc3c(c2)C(C)(C)CCC3(C)C)c1. The Morgan fingerprint density at radius 3 is 1.77 bits per heavy atom. The van der Waals surface area contributed by atoms with E-state index >= 15 is 0 Å². The summed E-state index contributed by atoms with van der Waals surface area (Å²) >= 11 is 0. The molecule has 3 aliphatic rings. The molecule has 2 aromatic heterocycles. The molecule has 9 aromatic rings. The average Bonchev–Trinajstić information content (AvgIpc) is 3.91. The van der Waals surface area contributed by atoms with E-state index in [4.69, 9.17) is 8.83 Å². The molecule has 12 rings (SSSR count). The van der Waals surface area contributed by atoms with Crippen LogP contribution in [0.1, 0.15) is 156 Å². The first-order valence-corrected chi connectivity index (χ1v) is 27.0. The second-order valence-corrected chi connectivity index (χ2v) is 26.8. The zero-order valence-corrected chi connectivity index (χ0v) is 45.9. The van der Waals surface area contributed by atoms with E-state index in [0.717, 1.165) is 92.1 Å². The van der Waals surface area contributed by atoms with Crippen LogP contribution in [0.25, 0.3) is 55.2 Å². The topological polar surface area (TPSA) is 41.6 Å². The Balaban J connectivity index is 1.19. The normalized spacial score (nSPS) is 17.5. The fraction of sp³-hybridized carbons (Fsp3) is 0.353. The molecule has 0 radical (unpaired) electrons. The van der Waals surface area contributed by atoms with Gasteiger partial charge in [-0.3, -0.25) is 4.90 Å². The van der Waals surface area contributed by atoms with Crippen molar-refractivity contribution in [1.29, 1.82) is 0 Å². The summed E-state index contributed by atoms with van der Waals surface area (Å²) in [4.78, 5) is 2.45. The van der Waals surface area contributed by atoms with Crippen LogP contribution in [-0.4, -0.2) is 7.28 Å². The number of rotatable bonds is 5. The van der Waals surface area contributed by atoms with Crippen LogP contribution in [0.5, 0.6) is 0 Å². The van der Waals surface area contributed by atoms with E-state index < -0.39 is 0 Å². The molecule has 7 aromatic carbocycles. The van der Waals surface area contributed by atoms with Gasteiger partial charge in [-0.05, 0) is 168 Å². The zero-order chi connectivity index (χ0) is 51.4. The van der Waals surface area contributed by atoms with Crippen LogP contribution >= 0.6 is 0 Å². The highest BCUT2D eigenvalue weighted by Gasteiger charge is 2.42. The Labute approximate surface area is 434 Å². The number of nitrogens with one attached hydrogen (secondary N) is 1. The van der Waals surface area contributed by atoms with Gasteiger partial charge in [-0.25, -0.2) is 0 Å². The molecule has 370 valence electrons. The Hall–Kier alpha value is -6.46. The van der Waals surface area contributed by atoms with Crippen molar-refractivity contribution in [3.8, 4) is 22.3 Å². The summed E-state index contributed by atoms with van der Waals surface area (Å²) in [6.07, 6.45) is 4.62. The number of para-hydroxylation sites is 1. The number of benzene rings is 7. The molecule has 0 saturated heterocycles. The largest absolute Gasteiger partial charge is 0.454 e. The molecule has 1 N–H and O–H groups in total. The van der Waals surface area contributed by atoms with E-state index in [2.05, 4.69) is 235 Å². The lowest BCUT2D eigenvalue weighted by molar-refractivity contribution is 0.332. The van der Waals surface area contributed by atoms with Gasteiger partial charge in [-0.15, -0.1) is 0 Å². The first kappa shape index (κ1) is 47.5. The predicted molar refractivity (Wildman–Crippen MR) is 313 cm³/mol. The van der Waals surface area contributed by atoms with Crippen LogP contribution in [0, 0.1) is 0 Å². The van der Waals surface area contributed by atoms with Crippen LogP contribution in [-0.2, 0) is 32.5 Å². The molecule has 0 saturated carbocycles. The first-order valence-electron chi connectivity index (χ1n) is 27.0. The lowest BCUT2D eigenvalue weighted by Gasteiger charge is -2.42. The molecule has 1 aliphatic heterocycles. The summed E-state index contributed by atoms with van der Waals surface area (Å²) < 4.78 is 14.7. The van der Waals surface area contributed by atoms with Gasteiger partial charge in [0.05, 0.1) is 11.4 Å². The standard InChI is InChI=1S/C68H73BN2O2/c1-63(2,3)41-25-29-55(46(34-41)40-20-16-15-17-21-40)71-60-58(69-59-49-38-52-53(39-57(49)73-62(59)71)68(13,14)33-32-67(52,11)12)47(37-48-45-22-18-19-23-56(45)72-61(48)60)44-27-24-42(64(4,5)6)35-54(44)70-43-26-28-50-51(36-43)66(9,10)31-30-65(50,7)8/h15-29,34-39,69-70H,30-33H2,1-14H3. The Morgan fingerprint density at radius 2 is 1.08 bits per heavy atom. The third kappa shape index (κ3) is 7.69. The van der Waals surface area contributed by atoms with Crippen LogP contribution in [0.2, 0.25) is 0 Å². The van der Waals surface area contributed by atoms with Crippen LogP contribution in [0.3, 0.4) is 0 Å². The summed E-state index contributed by atoms with van der Waals surface area (Å²) in [6.45, 7) is 33.2. The van der Waals surface area contributed by atoms with E-state index in [9.17, 15) is 0 Å². The molecule has 0 bridgehead atoms. The van der Waals surface area contributed by atoms with E-state index in [1.807, 2.05) is 0 Å². The highest BCUT2D eigenvalue weighted by Crippen LogP contribution is 2.53. The molecule has 4 nitrogen and oxygen atoms in total. The molecular weight excluding hydrogens is 888 g/mol. The minimum Gasteiger partial charge on any atom is -0.454 e. The summed E-state index contributed by atoms with van der Waals surface area (Å²) in [6, 6.07) is 48.3. The minimum absolute atomic E-state index is 0.0263. The third-order valence-corrected chi connectivity index (χ3v) is 17.8. The Morgan fingerprint density at radius 1 is 0.479 bits per heavy atom. The smallest absolute Gasteiger partial charge is 0.204 e. The van der Waals surface area contributed by atoms with Crippen molar-refractivity contribution in [1.82, 2.24) is 0 Å². The second-order valence-electron chi connectivity index (χ2n) is 26.8. The quantitative estimate of drug-likeness (QED) is 0.175. The fourth-order valence-electron chi connectivity index (χ4n) is 12.8. The molecule has 0 amide bonds. The van der Waals surface area contributed by atoms with Crippen LogP contribution in [0.4, 0.5) is 28.6 Å². The van der Waals surface area contributed by atoms with Crippen molar-refractivity contribution < 1.29 is 8.83 Å². The van der Waals surface area contributed by atoms with Gasteiger partial charge in [0.25, 0.3) is 0 Å². The van der Waals surface area contributed by atoms with Gasteiger partial charge in [0.1, 0.15) is 11.2 Å². The van der Waals surface area contributed by atoms with Gasteiger partial charge in [-0.2, -0.15) is 0 Å². The van der Waals surface area contributed by atoms with Gasteiger partial charge in [0, 0.05) is 38.7 Å². The van der Waals surface area contributed by atoms with Gasteiger partial charge in [0.2, 0.25) is 7.28 Å². The Bertz CT molecular complexity index is 3710. The van der Waals surface area contributed by atoms with Crippen molar-refractivity contribution in [2.45, 2.75) is 155 Å². The second kappa shape index (κ2) is 16.0. The van der Waals surface area contributed by atoms with Gasteiger partial charge < -0.3 is 14.2 Å². The maximum absolute atomic E-state index is 7.50. The molecule has 3 heterocycles. The molecule has 0 spiro atoms. The van der Waals surface area contributed by atoms with Gasteiger partial charge >= 0.3 is 0 Å². The number of hydrogen-bond donors (Lipinski definition) is 1. The summed E-state index contributed by atoms with van der Waals surface area (Å²) in [5, 5.41) is 7.50. The number of hydrogen-bond acceptors (Lipinski definition) is 4. The molecule has 73 heavy (non-hydrogen) atoms. The van der Waals surface area contributed by atoms with Crippen molar-refractivity contribution in [3.05, 3.63) is 161 Å². The maximum Gasteiger partial charge on any atom is 0.204 e. The minimum atomic E-state index is -0.0726. The third-order valence-electron chi connectivity index (χ3n) is 17.8. The molecule has 5 heteroatoms. The average molecular weight is 961 g/mol. The predicted octanol–water partition coefficient (Wildman–Crippen LogP) is 17.9. The highest BCUT2D eigenvalue weighted by molar-refractivity contribution is 6.76. The first-order chi connectivity index (χ1) is 34.4. The lowest BCUT2D eigenvalue weighted by atomic mass is 9.57. The monoisotopic (exact) mass is 961 g/mol. The molecular formula is C68H73BN2O2. The molecule has 0 fully saturated rings. The highest BCUT2D eigenvalue weighted by atomic mass is 16.4. The number of fused-ring (bicyclic) bond motifs is 10. The van der Waals surface area contributed by atoms with Gasteiger partial charge in [0.15, 0.2) is 11.5 Å². The fourth-order valence-corrected chi connectivity index (χ4v) is 12.8. The Kier molecular flexibility index (Phi) is 10.4. The number of furan rings is 2. The van der Waals surface area contributed by atoms with Gasteiger partial charge in [-0.1, -0.05) is 170 Å². The number of nitrogens with zero attached hydrogens (tertiary/aromatic N) is 1. The van der Waals surface area contributed by atoms with Crippen molar-refractivity contribution >= 4 is 79.7 Å². The summed E-state index contributed by atoms with van der Waals surface area (Å²) in [5.41, 5.74) is 22.5.